The summed E-state index contributed by atoms with van der Waals surface area (Å²) < 4.78 is 10.5. The summed E-state index contributed by atoms with van der Waals surface area (Å²) in [4.78, 5) is 28.1. The second-order valence-electron chi connectivity index (χ2n) is 6.10. The molecule has 134 valence electrons. The van der Waals surface area contributed by atoms with Gasteiger partial charge >= 0.3 is 12.1 Å². The number of hydrogen-bond donors (Lipinski definition) is 1. The van der Waals surface area contributed by atoms with Crippen molar-refractivity contribution in [1.82, 2.24) is 5.06 Å². The molecule has 1 N–H and O–H groups in total. The SMILES string of the molecule is CC(C)(C)OC(=O)N(CCOCCC(=O)O)OCc1ccccc1. The molecule has 24 heavy (non-hydrogen) atoms. The van der Waals surface area contributed by atoms with Crippen molar-refractivity contribution in [3.05, 3.63) is 35.9 Å². The Morgan fingerprint density at radius 3 is 2.38 bits per heavy atom. The number of carboxylic acids is 1. The van der Waals surface area contributed by atoms with Crippen LogP contribution in [0.5, 0.6) is 0 Å². The first-order valence-electron chi connectivity index (χ1n) is 7.75. The van der Waals surface area contributed by atoms with E-state index < -0.39 is 17.7 Å². The molecule has 1 rings (SSSR count). The predicted octanol–water partition coefficient (Wildman–Crippen LogP) is 2.85. The summed E-state index contributed by atoms with van der Waals surface area (Å²) in [6.45, 7) is 5.89. The van der Waals surface area contributed by atoms with Gasteiger partial charge in [-0.05, 0) is 26.3 Å². The lowest BCUT2D eigenvalue weighted by Crippen LogP contribution is -2.38. The van der Waals surface area contributed by atoms with Gasteiger partial charge in [0.1, 0.15) is 12.2 Å². The van der Waals surface area contributed by atoms with Gasteiger partial charge in [-0.25, -0.2) is 4.79 Å². The van der Waals surface area contributed by atoms with Crippen LogP contribution in [0.2, 0.25) is 0 Å². The molecule has 1 amide bonds. The van der Waals surface area contributed by atoms with Crippen LogP contribution in [0, 0.1) is 0 Å². The number of nitrogens with zero attached hydrogens (tertiary/aromatic N) is 1. The molecule has 0 bridgehead atoms. The third-order valence-electron chi connectivity index (χ3n) is 2.73. The normalized spacial score (nSPS) is 11.1. The summed E-state index contributed by atoms with van der Waals surface area (Å²) in [5.41, 5.74) is 0.271. The van der Waals surface area contributed by atoms with Gasteiger partial charge in [-0.1, -0.05) is 30.3 Å². The van der Waals surface area contributed by atoms with Gasteiger partial charge in [0, 0.05) is 0 Å². The molecule has 0 aliphatic heterocycles. The summed E-state index contributed by atoms with van der Waals surface area (Å²) >= 11 is 0. The second-order valence-corrected chi connectivity index (χ2v) is 6.10. The van der Waals surface area contributed by atoms with Crippen LogP contribution in [0.1, 0.15) is 32.8 Å². The first kappa shape index (κ1) is 19.9. The molecule has 0 aliphatic carbocycles. The van der Waals surface area contributed by atoms with Crippen LogP contribution in [-0.4, -0.2) is 47.6 Å². The number of rotatable bonds is 9. The van der Waals surface area contributed by atoms with E-state index in [4.69, 9.17) is 19.4 Å². The van der Waals surface area contributed by atoms with Crippen molar-refractivity contribution in [3.63, 3.8) is 0 Å². The largest absolute Gasteiger partial charge is 0.481 e. The fourth-order valence-corrected chi connectivity index (χ4v) is 1.66. The van der Waals surface area contributed by atoms with Gasteiger partial charge in [0.25, 0.3) is 0 Å². The number of carbonyl (C=O) groups excluding carboxylic acids is 1. The Labute approximate surface area is 142 Å². The van der Waals surface area contributed by atoms with E-state index in [1.54, 1.807) is 20.8 Å². The van der Waals surface area contributed by atoms with Crippen molar-refractivity contribution in [2.45, 2.75) is 39.4 Å². The molecule has 0 aromatic heterocycles. The molecule has 0 atom stereocenters. The zero-order chi connectivity index (χ0) is 18.0. The van der Waals surface area contributed by atoms with Gasteiger partial charge in [-0.2, -0.15) is 5.06 Å². The Morgan fingerprint density at radius 1 is 1.12 bits per heavy atom. The van der Waals surface area contributed by atoms with Gasteiger partial charge in [0.05, 0.1) is 26.2 Å². The molecule has 0 aliphatic rings. The maximum atomic E-state index is 12.2. The molecule has 7 nitrogen and oxygen atoms in total. The summed E-state index contributed by atoms with van der Waals surface area (Å²) in [5, 5.41) is 9.66. The number of amides is 1. The number of benzene rings is 1. The van der Waals surface area contributed by atoms with Crippen molar-refractivity contribution in [2.24, 2.45) is 0 Å². The molecule has 7 heteroatoms. The van der Waals surface area contributed by atoms with Gasteiger partial charge in [-0.3, -0.25) is 9.63 Å². The van der Waals surface area contributed by atoms with Crippen LogP contribution in [0.25, 0.3) is 0 Å². The number of hydroxylamine groups is 2. The number of aliphatic carboxylic acids is 1. The average molecular weight is 339 g/mol. The Hall–Kier alpha value is -2.12. The van der Waals surface area contributed by atoms with E-state index in [9.17, 15) is 9.59 Å². The van der Waals surface area contributed by atoms with Crippen molar-refractivity contribution < 1.29 is 29.0 Å². The van der Waals surface area contributed by atoms with Crippen molar-refractivity contribution in [3.8, 4) is 0 Å². The van der Waals surface area contributed by atoms with E-state index in [0.29, 0.717) is 0 Å². The minimum atomic E-state index is -0.931. The third-order valence-corrected chi connectivity index (χ3v) is 2.73. The number of carboxylic acid groups (broad SMARTS) is 1. The maximum absolute atomic E-state index is 12.2. The molecule has 0 heterocycles. The van der Waals surface area contributed by atoms with E-state index in [2.05, 4.69) is 0 Å². The average Bonchev–Trinajstić information content (AvgIpc) is 2.48. The molecule has 0 radical (unpaired) electrons. The van der Waals surface area contributed by atoms with Crippen molar-refractivity contribution in [2.75, 3.05) is 19.8 Å². The standard InChI is InChI=1S/C17H25NO6/c1-17(2,3)24-16(21)18(10-12-22-11-9-15(19)20)23-13-14-7-5-4-6-8-14/h4-8H,9-13H2,1-3H3,(H,19,20). The van der Waals surface area contributed by atoms with E-state index in [1.165, 1.54) is 0 Å². The van der Waals surface area contributed by atoms with Crippen LogP contribution >= 0.6 is 0 Å². The van der Waals surface area contributed by atoms with Crippen LogP contribution < -0.4 is 0 Å². The first-order chi connectivity index (χ1) is 11.3. The fourth-order valence-electron chi connectivity index (χ4n) is 1.66. The highest BCUT2D eigenvalue weighted by atomic mass is 16.7. The van der Waals surface area contributed by atoms with Crippen molar-refractivity contribution >= 4 is 12.1 Å². The number of hydrogen-bond acceptors (Lipinski definition) is 5. The number of ether oxygens (including phenoxy) is 2. The Balaban J connectivity index is 2.51. The lowest BCUT2D eigenvalue weighted by Gasteiger charge is -2.26. The minimum absolute atomic E-state index is 0.0795. The second kappa shape index (κ2) is 9.89. The lowest BCUT2D eigenvalue weighted by molar-refractivity contribution is -0.163. The van der Waals surface area contributed by atoms with E-state index in [-0.39, 0.29) is 32.8 Å². The molecule has 0 unspecified atom stereocenters. The monoisotopic (exact) mass is 339 g/mol. The predicted molar refractivity (Wildman–Crippen MR) is 87.2 cm³/mol. The smallest absolute Gasteiger partial charge is 0.434 e. The topological polar surface area (TPSA) is 85.3 Å². The van der Waals surface area contributed by atoms with Gasteiger partial charge < -0.3 is 14.6 Å². The van der Waals surface area contributed by atoms with Gasteiger partial charge in [0.15, 0.2) is 0 Å². The lowest BCUT2D eigenvalue weighted by atomic mass is 10.2. The summed E-state index contributed by atoms with van der Waals surface area (Å²) in [5.74, 6) is -0.931. The van der Waals surface area contributed by atoms with Crippen LogP contribution in [0.15, 0.2) is 30.3 Å². The highest BCUT2D eigenvalue weighted by Crippen LogP contribution is 2.11. The molecular weight excluding hydrogens is 314 g/mol. The highest BCUT2D eigenvalue weighted by Gasteiger charge is 2.23. The van der Waals surface area contributed by atoms with Crippen molar-refractivity contribution in [1.29, 1.82) is 0 Å². The van der Waals surface area contributed by atoms with E-state index in [0.717, 1.165) is 10.6 Å². The van der Waals surface area contributed by atoms with E-state index >= 15 is 0 Å². The summed E-state index contributed by atoms with van der Waals surface area (Å²) in [7, 11) is 0. The summed E-state index contributed by atoms with van der Waals surface area (Å²) in [6.07, 6.45) is -0.697. The van der Waals surface area contributed by atoms with Crippen LogP contribution in [-0.2, 0) is 25.7 Å². The third kappa shape index (κ3) is 9.12. The molecule has 0 saturated heterocycles. The molecule has 1 aromatic rings. The Kier molecular flexibility index (Phi) is 8.21. The molecule has 0 spiro atoms. The first-order valence-corrected chi connectivity index (χ1v) is 7.75. The molecule has 0 saturated carbocycles. The fraction of sp³-hybridized carbons (Fsp3) is 0.529. The zero-order valence-electron chi connectivity index (χ0n) is 14.4. The Morgan fingerprint density at radius 2 is 1.79 bits per heavy atom. The quantitative estimate of drug-likeness (QED) is 0.550. The zero-order valence-corrected chi connectivity index (χ0v) is 14.4. The Bertz CT molecular complexity index is 512. The molecular formula is C17H25NO6. The maximum Gasteiger partial charge on any atom is 0.434 e. The van der Waals surface area contributed by atoms with Crippen LogP contribution in [0.3, 0.4) is 0 Å². The van der Waals surface area contributed by atoms with E-state index in [1.807, 2.05) is 30.3 Å². The van der Waals surface area contributed by atoms with Crippen LogP contribution in [0.4, 0.5) is 4.79 Å². The van der Waals surface area contributed by atoms with Gasteiger partial charge in [-0.15, -0.1) is 0 Å². The minimum Gasteiger partial charge on any atom is -0.481 e. The highest BCUT2D eigenvalue weighted by molar-refractivity contribution is 5.67. The molecule has 1 aromatic carbocycles. The summed E-state index contributed by atoms with van der Waals surface area (Å²) in [6, 6.07) is 9.43. The van der Waals surface area contributed by atoms with Gasteiger partial charge in [0.2, 0.25) is 0 Å². The molecule has 0 fully saturated rings. The number of carbonyl (C=O) groups is 2.